The van der Waals surface area contributed by atoms with Crippen LogP contribution < -0.4 is 5.32 Å². The molecule has 1 N–H and O–H groups in total. The van der Waals surface area contributed by atoms with Crippen LogP contribution in [-0.2, 0) is 29.3 Å². The lowest BCUT2D eigenvalue weighted by Crippen LogP contribution is -2.26. The van der Waals surface area contributed by atoms with Gasteiger partial charge in [0.05, 0.1) is 37.6 Å². The molecule has 1 aliphatic heterocycles. The Labute approximate surface area is 173 Å². The molecule has 2 amide bonds. The quantitative estimate of drug-likeness (QED) is 0.630. The fraction of sp³-hybridized carbons (Fsp3) is 0.412. The number of cyclic esters (lactones) is 1. The second-order valence-electron chi connectivity index (χ2n) is 6.37. The van der Waals surface area contributed by atoms with Gasteiger partial charge in [0.1, 0.15) is 11.8 Å². The van der Waals surface area contributed by atoms with Crippen LogP contribution in [0.5, 0.6) is 0 Å². The van der Waals surface area contributed by atoms with Crippen molar-refractivity contribution in [3.8, 4) is 12.3 Å². The first-order valence-electron chi connectivity index (χ1n) is 8.76. The SMILES string of the molecule is C#CCN1C[C@@H](COCc2nc(C(F)(F)F)ccc2C(=O)Nc2nnnn2C)OC1=O. The average Bonchev–Trinajstić information content (AvgIpc) is 3.26. The Kier molecular flexibility index (Phi) is 6.35. The van der Waals surface area contributed by atoms with Crippen LogP contribution in [0.25, 0.3) is 0 Å². The Bertz CT molecular complexity index is 1020. The summed E-state index contributed by atoms with van der Waals surface area (Å²) in [5, 5.41) is 12.9. The molecule has 0 radical (unpaired) electrons. The summed E-state index contributed by atoms with van der Waals surface area (Å²) in [7, 11) is 1.47. The highest BCUT2D eigenvalue weighted by molar-refractivity contribution is 6.04. The fourth-order valence-electron chi connectivity index (χ4n) is 2.67. The van der Waals surface area contributed by atoms with Gasteiger partial charge in [0.15, 0.2) is 0 Å². The van der Waals surface area contributed by atoms with Crippen molar-refractivity contribution in [1.82, 2.24) is 30.1 Å². The van der Waals surface area contributed by atoms with Crippen molar-refractivity contribution in [2.45, 2.75) is 18.9 Å². The Morgan fingerprint density at radius 1 is 1.45 bits per heavy atom. The molecular weight excluding hydrogens is 423 g/mol. The molecule has 2 aromatic rings. The third-order valence-corrected chi connectivity index (χ3v) is 4.13. The van der Waals surface area contributed by atoms with E-state index in [-0.39, 0.29) is 36.9 Å². The molecule has 3 heterocycles. The largest absolute Gasteiger partial charge is 0.442 e. The maximum atomic E-state index is 13.1. The summed E-state index contributed by atoms with van der Waals surface area (Å²) < 4.78 is 50.8. The van der Waals surface area contributed by atoms with Gasteiger partial charge in [-0.3, -0.25) is 15.0 Å². The Hall–Kier alpha value is -3.73. The van der Waals surface area contributed by atoms with Crippen LogP contribution in [0.4, 0.5) is 23.9 Å². The maximum absolute atomic E-state index is 13.1. The van der Waals surface area contributed by atoms with Crippen LogP contribution in [0.3, 0.4) is 0 Å². The van der Waals surface area contributed by atoms with E-state index in [2.05, 4.69) is 31.7 Å². The average molecular weight is 439 g/mol. The van der Waals surface area contributed by atoms with E-state index in [1.807, 2.05) is 0 Å². The number of amides is 2. The van der Waals surface area contributed by atoms with Gasteiger partial charge in [0, 0.05) is 7.05 Å². The number of alkyl halides is 3. The molecule has 1 aliphatic rings. The summed E-state index contributed by atoms with van der Waals surface area (Å²) in [6.07, 6.45) is -0.822. The van der Waals surface area contributed by atoms with Crippen molar-refractivity contribution >= 4 is 17.9 Å². The lowest BCUT2D eigenvalue weighted by molar-refractivity contribution is -0.141. The van der Waals surface area contributed by atoms with Gasteiger partial charge < -0.3 is 9.47 Å². The van der Waals surface area contributed by atoms with Gasteiger partial charge in [-0.25, -0.2) is 14.5 Å². The minimum atomic E-state index is -4.71. The first kappa shape index (κ1) is 22.0. The summed E-state index contributed by atoms with van der Waals surface area (Å²) in [6, 6.07) is 1.67. The van der Waals surface area contributed by atoms with E-state index < -0.39 is 36.6 Å². The number of nitrogens with zero attached hydrogens (tertiary/aromatic N) is 6. The number of hydrogen-bond donors (Lipinski definition) is 1. The predicted molar refractivity (Wildman–Crippen MR) is 96.3 cm³/mol. The van der Waals surface area contributed by atoms with Crippen LogP contribution in [0.2, 0.25) is 0 Å². The van der Waals surface area contributed by atoms with Crippen molar-refractivity contribution in [2.24, 2.45) is 7.05 Å². The van der Waals surface area contributed by atoms with E-state index in [1.54, 1.807) is 0 Å². The second-order valence-corrected chi connectivity index (χ2v) is 6.37. The smallest absolute Gasteiger partial charge is 0.433 e. The molecule has 0 bridgehead atoms. The van der Waals surface area contributed by atoms with Gasteiger partial charge in [-0.1, -0.05) is 11.0 Å². The number of anilines is 1. The monoisotopic (exact) mass is 439 g/mol. The molecule has 0 aromatic carbocycles. The van der Waals surface area contributed by atoms with E-state index in [4.69, 9.17) is 15.9 Å². The van der Waals surface area contributed by atoms with Crippen molar-refractivity contribution in [2.75, 3.05) is 25.0 Å². The van der Waals surface area contributed by atoms with Crippen LogP contribution in [0.15, 0.2) is 12.1 Å². The lowest BCUT2D eigenvalue weighted by Gasteiger charge is -2.14. The number of tetrazole rings is 1. The highest BCUT2D eigenvalue weighted by Crippen LogP contribution is 2.28. The normalized spacial score (nSPS) is 16.2. The molecule has 164 valence electrons. The summed E-state index contributed by atoms with van der Waals surface area (Å²) in [6.45, 7) is -0.330. The number of hydrogen-bond acceptors (Lipinski definition) is 8. The Balaban J connectivity index is 1.72. The van der Waals surface area contributed by atoms with E-state index in [0.717, 1.165) is 6.07 Å². The van der Waals surface area contributed by atoms with E-state index in [1.165, 1.54) is 16.6 Å². The minimum absolute atomic E-state index is 0.0109. The topological polar surface area (TPSA) is 124 Å². The number of pyridine rings is 1. The van der Waals surface area contributed by atoms with Crippen molar-refractivity contribution in [3.63, 3.8) is 0 Å². The van der Waals surface area contributed by atoms with Crippen molar-refractivity contribution < 1.29 is 32.2 Å². The van der Waals surface area contributed by atoms with E-state index >= 15 is 0 Å². The zero-order valence-corrected chi connectivity index (χ0v) is 16.1. The first-order valence-corrected chi connectivity index (χ1v) is 8.76. The number of carbonyl (C=O) groups excluding carboxylic acids is 2. The molecule has 0 unspecified atom stereocenters. The molecule has 3 rings (SSSR count). The van der Waals surface area contributed by atoms with Crippen LogP contribution in [0, 0.1) is 12.3 Å². The summed E-state index contributed by atoms with van der Waals surface area (Å²) in [4.78, 5) is 29.0. The van der Waals surface area contributed by atoms with Crippen LogP contribution in [-0.4, -0.2) is 67.9 Å². The fourth-order valence-corrected chi connectivity index (χ4v) is 2.67. The molecule has 0 saturated carbocycles. The number of nitrogens with one attached hydrogen (secondary N) is 1. The minimum Gasteiger partial charge on any atom is -0.442 e. The molecular formula is C17H16F3N7O4. The molecule has 2 aromatic heterocycles. The number of rotatable bonds is 7. The standard InChI is InChI=1S/C17H16F3N7O4/c1-3-6-27-7-10(31-16(27)29)8-30-9-12-11(4-5-13(21-12)17(18,19)20)14(28)22-15-23-24-25-26(15)2/h1,4-5,10H,6-9H2,2H3,(H,22,23,25,28)/t10-/m0/s1. The lowest BCUT2D eigenvalue weighted by atomic mass is 10.1. The predicted octanol–water partition coefficient (Wildman–Crippen LogP) is 0.847. The zero-order valence-electron chi connectivity index (χ0n) is 16.1. The van der Waals surface area contributed by atoms with Gasteiger partial charge in [0.25, 0.3) is 5.91 Å². The van der Waals surface area contributed by atoms with E-state index in [9.17, 15) is 22.8 Å². The second kappa shape index (κ2) is 8.96. The molecule has 1 saturated heterocycles. The summed E-state index contributed by atoms with van der Waals surface area (Å²) in [5.41, 5.74) is -1.60. The number of aryl methyl sites for hydroxylation is 1. The summed E-state index contributed by atoms with van der Waals surface area (Å²) in [5.74, 6) is 1.53. The number of aromatic nitrogens is 5. The van der Waals surface area contributed by atoms with Gasteiger partial charge in [0.2, 0.25) is 5.95 Å². The Morgan fingerprint density at radius 2 is 2.23 bits per heavy atom. The molecule has 1 atom stereocenters. The van der Waals surface area contributed by atoms with E-state index in [0.29, 0.717) is 6.07 Å². The zero-order chi connectivity index (χ0) is 22.6. The molecule has 1 fully saturated rings. The number of ether oxygens (including phenoxy) is 2. The molecule has 11 nitrogen and oxygen atoms in total. The summed E-state index contributed by atoms with van der Waals surface area (Å²) >= 11 is 0. The van der Waals surface area contributed by atoms with Crippen molar-refractivity contribution in [1.29, 1.82) is 0 Å². The van der Waals surface area contributed by atoms with Gasteiger partial charge in [-0.05, 0) is 22.6 Å². The maximum Gasteiger partial charge on any atom is 0.433 e. The molecule has 31 heavy (non-hydrogen) atoms. The van der Waals surface area contributed by atoms with Crippen molar-refractivity contribution in [3.05, 3.63) is 29.1 Å². The highest BCUT2D eigenvalue weighted by Gasteiger charge is 2.34. The first-order chi connectivity index (χ1) is 14.7. The molecule has 14 heteroatoms. The highest BCUT2D eigenvalue weighted by atomic mass is 19.4. The molecule has 0 spiro atoms. The Morgan fingerprint density at radius 3 is 2.87 bits per heavy atom. The van der Waals surface area contributed by atoms with Gasteiger partial charge >= 0.3 is 12.3 Å². The molecule has 0 aliphatic carbocycles. The number of halogens is 3. The third kappa shape index (κ3) is 5.25. The third-order valence-electron chi connectivity index (χ3n) is 4.13. The van der Waals surface area contributed by atoms with Gasteiger partial charge in [-0.15, -0.1) is 6.42 Å². The number of carbonyl (C=O) groups is 2. The van der Waals surface area contributed by atoms with Crippen LogP contribution in [0.1, 0.15) is 21.7 Å². The van der Waals surface area contributed by atoms with Crippen LogP contribution >= 0.6 is 0 Å². The number of terminal acetylenes is 1. The van der Waals surface area contributed by atoms with Gasteiger partial charge in [-0.2, -0.15) is 13.2 Å².